The molecule has 3 nitrogen and oxygen atoms in total. The van der Waals surface area contributed by atoms with Crippen LogP contribution in [0.5, 0.6) is 0 Å². The molecule has 0 unspecified atom stereocenters. The molecule has 3 aromatic rings. The van der Waals surface area contributed by atoms with Gasteiger partial charge in [-0.1, -0.05) is 0 Å². The molecule has 0 saturated carbocycles. The summed E-state index contributed by atoms with van der Waals surface area (Å²) in [4.78, 5) is 10.9. The van der Waals surface area contributed by atoms with Crippen molar-refractivity contribution in [3.05, 3.63) is 65.9 Å². The molecule has 5 heteroatoms. The fraction of sp³-hybridized carbons (Fsp3) is 0. The highest BCUT2D eigenvalue weighted by Gasteiger charge is 2.11. The average Bonchev–Trinajstić information content (AvgIpc) is 2.84. The predicted octanol–water partition coefficient (Wildman–Crippen LogP) is 3.61. The number of benzene rings is 2. The summed E-state index contributed by atoms with van der Waals surface area (Å²) in [5, 5.41) is 9.58. The van der Waals surface area contributed by atoms with Crippen LogP contribution in [0.3, 0.4) is 0 Å². The van der Waals surface area contributed by atoms with Gasteiger partial charge in [-0.25, -0.2) is 13.6 Å². The zero-order valence-corrected chi connectivity index (χ0v) is 10.2. The number of hydrogen-bond donors (Lipinski definition) is 1. The first-order valence-corrected chi connectivity index (χ1v) is 5.86. The third kappa shape index (κ3) is 1.93. The Morgan fingerprint density at radius 2 is 1.85 bits per heavy atom. The second-order valence-corrected chi connectivity index (χ2v) is 4.36. The van der Waals surface area contributed by atoms with Gasteiger partial charge in [0, 0.05) is 17.6 Å². The lowest BCUT2D eigenvalue weighted by Gasteiger charge is -2.07. The van der Waals surface area contributed by atoms with E-state index in [1.807, 2.05) is 0 Å². The Bertz CT molecular complexity index is 824. The zero-order valence-electron chi connectivity index (χ0n) is 10.2. The SMILES string of the molecule is O=C(O)c1ccc2c(ccn2-c2cc(F)ccc2F)c1. The molecule has 0 amide bonds. The van der Waals surface area contributed by atoms with Crippen molar-refractivity contribution in [2.75, 3.05) is 0 Å². The monoisotopic (exact) mass is 273 g/mol. The third-order valence-corrected chi connectivity index (χ3v) is 3.10. The van der Waals surface area contributed by atoms with Gasteiger partial charge >= 0.3 is 5.97 Å². The number of rotatable bonds is 2. The molecule has 1 aromatic heterocycles. The second-order valence-electron chi connectivity index (χ2n) is 4.36. The van der Waals surface area contributed by atoms with Crippen LogP contribution in [0.25, 0.3) is 16.6 Å². The van der Waals surface area contributed by atoms with Crippen molar-refractivity contribution in [3.63, 3.8) is 0 Å². The van der Waals surface area contributed by atoms with Crippen LogP contribution in [0.2, 0.25) is 0 Å². The normalized spacial score (nSPS) is 10.9. The molecule has 0 bridgehead atoms. The molecule has 1 N–H and O–H groups in total. The van der Waals surface area contributed by atoms with Gasteiger partial charge in [-0.3, -0.25) is 0 Å². The van der Waals surface area contributed by atoms with Gasteiger partial charge in [0.05, 0.1) is 16.8 Å². The van der Waals surface area contributed by atoms with Crippen molar-refractivity contribution < 1.29 is 18.7 Å². The summed E-state index contributed by atoms with van der Waals surface area (Å²) in [5.74, 6) is -2.12. The van der Waals surface area contributed by atoms with Gasteiger partial charge in [0.25, 0.3) is 0 Å². The van der Waals surface area contributed by atoms with Crippen molar-refractivity contribution in [2.45, 2.75) is 0 Å². The smallest absolute Gasteiger partial charge is 0.335 e. The molecule has 0 fully saturated rings. The summed E-state index contributed by atoms with van der Waals surface area (Å²) in [6, 6.07) is 9.36. The molecule has 0 aliphatic carbocycles. The van der Waals surface area contributed by atoms with Crippen molar-refractivity contribution >= 4 is 16.9 Å². The Morgan fingerprint density at radius 3 is 2.60 bits per heavy atom. The molecule has 2 aromatic carbocycles. The molecule has 0 aliphatic rings. The van der Waals surface area contributed by atoms with Gasteiger partial charge in [-0.15, -0.1) is 0 Å². The Morgan fingerprint density at radius 1 is 1.05 bits per heavy atom. The van der Waals surface area contributed by atoms with Crippen LogP contribution in [0.15, 0.2) is 48.7 Å². The highest BCUT2D eigenvalue weighted by Crippen LogP contribution is 2.24. The van der Waals surface area contributed by atoms with Gasteiger partial charge in [0.1, 0.15) is 11.6 Å². The van der Waals surface area contributed by atoms with Gasteiger partial charge in [-0.05, 0) is 36.4 Å². The highest BCUT2D eigenvalue weighted by atomic mass is 19.1. The number of carboxylic acid groups (broad SMARTS) is 1. The van der Waals surface area contributed by atoms with E-state index in [4.69, 9.17) is 5.11 Å². The minimum absolute atomic E-state index is 0.0862. The lowest BCUT2D eigenvalue weighted by molar-refractivity contribution is 0.0697. The maximum Gasteiger partial charge on any atom is 0.335 e. The first kappa shape index (κ1) is 12.3. The number of halogens is 2. The quantitative estimate of drug-likeness (QED) is 0.775. The Kier molecular flexibility index (Phi) is 2.75. The Labute approximate surface area is 112 Å². The van der Waals surface area contributed by atoms with Gasteiger partial charge in [-0.2, -0.15) is 0 Å². The first-order valence-electron chi connectivity index (χ1n) is 5.86. The maximum absolute atomic E-state index is 13.8. The standard InChI is InChI=1S/C15H9F2NO2/c16-11-2-3-12(17)14(8-11)18-6-5-9-7-10(15(19)20)1-4-13(9)18/h1-8H,(H,19,20). The van der Waals surface area contributed by atoms with E-state index in [9.17, 15) is 13.6 Å². The van der Waals surface area contributed by atoms with E-state index in [1.165, 1.54) is 16.7 Å². The highest BCUT2D eigenvalue weighted by molar-refractivity contribution is 5.94. The minimum atomic E-state index is -1.03. The summed E-state index contributed by atoms with van der Waals surface area (Å²) in [6.07, 6.45) is 1.58. The molecule has 3 rings (SSSR count). The summed E-state index contributed by atoms with van der Waals surface area (Å²) in [6.45, 7) is 0. The van der Waals surface area contributed by atoms with E-state index < -0.39 is 17.6 Å². The third-order valence-electron chi connectivity index (χ3n) is 3.10. The molecule has 20 heavy (non-hydrogen) atoms. The first-order chi connectivity index (χ1) is 9.56. The summed E-state index contributed by atoms with van der Waals surface area (Å²) in [7, 11) is 0. The summed E-state index contributed by atoms with van der Waals surface area (Å²) in [5.41, 5.74) is 0.845. The lowest BCUT2D eigenvalue weighted by atomic mass is 10.1. The van der Waals surface area contributed by atoms with Gasteiger partial charge in [0.2, 0.25) is 0 Å². The molecule has 100 valence electrons. The lowest BCUT2D eigenvalue weighted by Crippen LogP contribution is -1.98. The summed E-state index contributed by atoms with van der Waals surface area (Å²) < 4.78 is 28.5. The molecule has 0 radical (unpaired) electrons. The predicted molar refractivity (Wildman–Crippen MR) is 70.2 cm³/mol. The molecular weight excluding hydrogens is 264 g/mol. The number of hydrogen-bond acceptors (Lipinski definition) is 1. The fourth-order valence-corrected chi connectivity index (χ4v) is 2.16. The van der Waals surface area contributed by atoms with Crippen molar-refractivity contribution in [1.29, 1.82) is 0 Å². The van der Waals surface area contributed by atoms with Crippen LogP contribution in [-0.2, 0) is 0 Å². The molecule has 0 atom stereocenters. The van der Waals surface area contributed by atoms with Crippen LogP contribution in [0.4, 0.5) is 8.78 Å². The molecule has 0 aliphatic heterocycles. The topological polar surface area (TPSA) is 42.2 Å². The minimum Gasteiger partial charge on any atom is -0.478 e. The van der Waals surface area contributed by atoms with E-state index in [-0.39, 0.29) is 11.3 Å². The van der Waals surface area contributed by atoms with Gasteiger partial charge in [0.15, 0.2) is 0 Å². The molecule has 1 heterocycles. The molecular formula is C15H9F2NO2. The number of aromatic nitrogens is 1. The largest absolute Gasteiger partial charge is 0.478 e. The van der Waals surface area contributed by atoms with Crippen LogP contribution in [-0.4, -0.2) is 15.6 Å². The van der Waals surface area contributed by atoms with E-state index in [0.29, 0.717) is 10.9 Å². The number of carboxylic acids is 1. The van der Waals surface area contributed by atoms with Crippen LogP contribution in [0, 0.1) is 11.6 Å². The van der Waals surface area contributed by atoms with E-state index in [1.54, 1.807) is 18.3 Å². The van der Waals surface area contributed by atoms with Crippen LogP contribution in [0.1, 0.15) is 10.4 Å². The zero-order chi connectivity index (χ0) is 14.3. The number of carbonyl (C=O) groups is 1. The maximum atomic E-state index is 13.8. The molecule has 0 spiro atoms. The van der Waals surface area contributed by atoms with E-state index >= 15 is 0 Å². The van der Waals surface area contributed by atoms with Crippen molar-refractivity contribution in [3.8, 4) is 5.69 Å². The van der Waals surface area contributed by atoms with Crippen molar-refractivity contribution in [1.82, 2.24) is 4.57 Å². The van der Waals surface area contributed by atoms with Gasteiger partial charge < -0.3 is 9.67 Å². The number of fused-ring (bicyclic) bond motifs is 1. The number of aromatic carboxylic acids is 1. The second kappa shape index (κ2) is 4.45. The summed E-state index contributed by atoms with van der Waals surface area (Å²) >= 11 is 0. The Hall–Kier alpha value is -2.69. The Balaban J connectivity index is 2.22. The van der Waals surface area contributed by atoms with E-state index in [2.05, 4.69) is 0 Å². The van der Waals surface area contributed by atoms with Crippen molar-refractivity contribution in [2.24, 2.45) is 0 Å². The fourth-order valence-electron chi connectivity index (χ4n) is 2.16. The molecule has 0 saturated heterocycles. The number of nitrogens with zero attached hydrogens (tertiary/aromatic N) is 1. The van der Waals surface area contributed by atoms with Crippen LogP contribution >= 0.6 is 0 Å². The van der Waals surface area contributed by atoms with Crippen LogP contribution < -0.4 is 0 Å². The average molecular weight is 273 g/mol. The van der Waals surface area contributed by atoms with E-state index in [0.717, 1.165) is 18.2 Å².